The summed E-state index contributed by atoms with van der Waals surface area (Å²) >= 11 is 6.24. The molecule has 0 amide bonds. The van der Waals surface area contributed by atoms with Crippen molar-refractivity contribution in [3.05, 3.63) is 34.9 Å². The lowest BCUT2D eigenvalue weighted by atomic mass is 9.52. The molecule has 3 rings (SSSR count). The van der Waals surface area contributed by atoms with E-state index in [4.69, 9.17) is 22.1 Å². The lowest BCUT2D eigenvalue weighted by Gasteiger charge is -2.56. The number of benzene rings is 1. The number of hydrogen-bond acceptors (Lipinski definition) is 2. The van der Waals surface area contributed by atoms with Gasteiger partial charge in [-0.1, -0.05) is 29.8 Å². The molecule has 2 N–H and O–H groups in total. The summed E-state index contributed by atoms with van der Waals surface area (Å²) in [7, 11) is 0. The van der Waals surface area contributed by atoms with E-state index in [1.807, 2.05) is 18.2 Å². The van der Waals surface area contributed by atoms with Crippen LogP contribution in [0.1, 0.15) is 31.2 Å². The van der Waals surface area contributed by atoms with Gasteiger partial charge in [-0.15, -0.1) is 0 Å². The summed E-state index contributed by atoms with van der Waals surface area (Å²) < 4.78 is 5.43. The molecule has 0 bridgehead atoms. The Labute approximate surface area is 107 Å². The molecule has 0 radical (unpaired) electrons. The van der Waals surface area contributed by atoms with Crippen LogP contribution >= 0.6 is 11.6 Å². The van der Waals surface area contributed by atoms with Gasteiger partial charge in [-0.05, 0) is 42.7 Å². The van der Waals surface area contributed by atoms with Crippen molar-refractivity contribution in [2.45, 2.75) is 31.2 Å². The van der Waals surface area contributed by atoms with Gasteiger partial charge in [-0.2, -0.15) is 0 Å². The first-order valence-electron chi connectivity index (χ1n) is 6.25. The Bertz CT molecular complexity index is 418. The third kappa shape index (κ3) is 1.88. The van der Waals surface area contributed by atoms with Gasteiger partial charge in [0.1, 0.15) is 0 Å². The van der Waals surface area contributed by atoms with E-state index >= 15 is 0 Å². The van der Waals surface area contributed by atoms with Gasteiger partial charge < -0.3 is 10.5 Å². The fraction of sp³-hybridized carbons (Fsp3) is 0.571. The monoisotopic (exact) mass is 251 g/mol. The van der Waals surface area contributed by atoms with Gasteiger partial charge in [0.15, 0.2) is 0 Å². The van der Waals surface area contributed by atoms with Gasteiger partial charge in [-0.25, -0.2) is 0 Å². The summed E-state index contributed by atoms with van der Waals surface area (Å²) in [6.45, 7) is 1.78. The predicted molar refractivity (Wildman–Crippen MR) is 69.0 cm³/mol. The Morgan fingerprint density at radius 2 is 1.76 bits per heavy atom. The Morgan fingerprint density at radius 3 is 2.41 bits per heavy atom. The molecule has 92 valence electrons. The molecular formula is C14H18ClNO. The summed E-state index contributed by atoms with van der Waals surface area (Å²) in [5, 5.41) is 0.803. The molecule has 17 heavy (non-hydrogen) atoms. The molecule has 0 atom stereocenters. The van der Waals surface area contributed by atoms with Crippen molar-refractivity contribution in [1.29, 1.82) is 0 Å². The van der Waals surface area contributed by atoms with E-state index < -0.39 is 0 Å². The summed E-state index contributed by atoms with van der Waals surface area (Å²) in [6.07, 6.45) is 4.40. The third-order valence-electron chi connectivity index (χ3n) is 4.34. The van der Waals surface area contributed by atoms with Crippen LogP contribution in [0.25, 0.3) is 0 Å². The Balaban J connectivity index is 1.80. The Hall–Kier alpha value is -0.570. The maximum atomic E-state index is 6.51. The minimum Gasteiger partial charge on any atom is -0.381 e. The highest BCUT2D eigenvalue weighted by Crippen LogP contribution is 2.58. The highest BCUT2D eigenvalue weighted by atomic mass is 35.5. The van der Waals surface area contributed by atoms with Gasteiger partial charge in [0, 0.05) is 23.8 Å². The topological polar surface area (TPSA) is 35.2 Å². The molecule has 1 aromatic carbocycles. The molecule has 1 spiro atoms. The molecule has 1 saturated heterocycles. The van der Waals surface area contributed by atoms with E-state index in [0.717, 1.165) is 49.5 Å². The number of ether oxygens (including phenoxy) is 1. The van der Waals surface area contributed by atoms with E-state index in [0.29, 0.717) is 5.41 Å². The average Bonchev–Trinajstić information content (AvgIpc) is 2.29. The van der Waals surface area contributed by atoms with E-state index in [9.17, 15) is 0 Å². The van der Waals surface area contributed by atoms with Crippen molar-refractivity contribution >= 4 is 11.6 Å². The summed E-state index contributed by atoms with van der Waals surface area (Å²) in [5.74, 6) is 0. The highest BCUT2D eigenvalue weighted by molar-refractivity contribution is 6.31. The van der Waals surface area contributed by atoms with Gasteiger partial charge in [0.05, 0.1) is 0 Å². The first-order valence-corrected chi connectivity index (χ1v) is 6.63. The van der Waals surface area contributed by atoms with Gasteiger partial charge in [-0.3, -0.25) is 0 Å². The van der Waals surface area contributed by atoms with E-state index in [-0.39, 0.29) is 5.54 Å². The van der Waals surface area contributed by atoms with Crippen LogP contribution in [-0.2, 0) is 10.3 Å². The zero-order valence-corrected chi connectivity index (χ0v) is 10.7. The van der Waals surface area contributed by atoms with E-state index in [1.165, 1.54) is 0 Å². The van der Waals surface area contributed by atoms with Crippen LogP contribution in [0.3, 0.4) is 0 Å². The minimum absolute atomic E-state index is 0.213. The lowest BCUT2D eigenvalue weighted by Crippen LogP contribution is -2.57. The standard InChI is InChI=1S/C14H18ClNO/c15-12-4-2-1-3-11(12)14(16)9-13(10-14)5-7-17-8-6-13/h1-4H,5-10,16H2. The molecule has 3 heteroatoms. The summed E-state index contributed by atoms with van der Waals surface area (Å²) in [4.78, 5) is 0. The normalized spacial score (nSPS) is 25.5. The van der Waals surface area contributed by atoms with E-state index in [1.54, 1.807) is 0 Å². The summed E-state index contributed by atoms with van der Waals surface area (Å²) in [6, 6.07) is 7.97. The smallest absolute Gasteiger partial charge is 0.0471 e. The third-order valence-corrected chi connectivity index (χ3v) is 4.67. The number of rotatable bonds is 1. The van der Waals surface area contributed by atoms with Gasteiger partial charge in [0.25, 0.3) is 0 Å². The van der Waals surface area contributed by atoms with Crippen molar-refractivity contribution in [3.8, 4) is 0 Å². The SMILES string of the molecule is NC1(c2ccccc2Cl)CC2(CCOCC2)C1. The Morgan fingerprint density at radius 1 is 1.12 bits per heavy atom. The van der Waals surface area contributed by atoms with Crippen molar-refractivity contribution in [3.63, 3.8) is 0 Å². The fourth-order valence-electron chi connectivity index (χ4n) is 3.50. The van der Waals surface area contributed by atoms with Crippen molar-refractivity contribution in [2.24, 2.45) is 11.1 Å². The first-order chi connectivity index (χ1) is 8.14. The molecule has 2 fully saturated rings. The molecule has 2 aliphatic rings. The molecule has 0 unspecified atom stereocenters. The minimum atomic E-state index is -0.213. The highest BCUT2D eigenvalue weighted by Gasteiger charge is 2.53. The largest absolute Gasteiger partial charge is 0.381 e. The van der Waals surface area contributed by atoms with Crippen molar-refractivity contribution < 1.29 is 4.74 Å². The molecule has 1 aromatic rings. The summed E-state index contributed by atoms with van der Waals surface area (Å²) in [5.41, 5.74) is 7.83. The van der Waals surface area contributed by atoms with Crippen molar-refractivity contribution in [2.75, 3.05) is 13.2 Å². The maximum Gasteiger partial charge on any atom is 0.0471 e. The molecular weight excluding hydrogens is 234 g/mol. The average molecular weight is 252 g/mol. The number of nitrogens with two attached hydrogens (primary N) is 1. The molecule has 1 saturated carbocycles. The van der Waals surface area contributed by atoms with Crippen LogP contribution in [0, 0.1) is 5.41 Å². The zero-order valence-electron chi connectivity index (χ0n) is 9.92. The molecule has 1 aliphatic carbocycles. The predicted octanol–water partition coefficient (Wildman–Crippen LogP) is 3.08. The number of halogens is 1. The lowest BCUT2D eigenvalue weighted by molar-refractivity contribution is -0.0725. The maximum absolute atomic E-state index is 6.51. The van der Waals surface area contributed by atoms with Crippen LogP contribution in [0.2, 0.25) is 5.02 Å². The second kappa shape index (κ2) is 3.98. The molecule has 1 heterocycles. The van der Waals surface area contributed by atoms with Crippen LogP contribution < -0.4 is 5.73 Å². The molecule has 1 aliphatic heterocycles. The van der Waals surface area contributed by atoms with Crippen LogP contribution in [0.4, 0.5) is 0 Å². The van der Waals surface area contributed by atoms with Crippen LogP contribution in [0.5, 0.6) is 0 Å². The number of hydrogen-bond donors (Lipinski definition) is 1. The second-order valence-corrected chi connectivity index (χ2v) is 6.01. The molecule has 2 nitrogen and oxygen atoms in total. The van der Waals surface area contributed by atoms with Gasteiger partial charge in [0.2, 0.25) is 0 Å². The van der Waals surface area contributed by atoms with E-state index in [2.05, 4.69) is 6.07 Å². The Kier molecular flexibility index (Phi) is 2.69. The fourth-order valence-corrected chi connectivity index (χ4v) is 3.82. The van der Waals surface area contributed by atoms with Gasteiger partial charge >= 0.3 is 0 Å². The van der Waals surface area contributed by atoms with Crippen LogP contribution in [0.15, 0.2) is 24.3 Å². The second-order valence-electron chi connectivity index (χ2n) is 5.60. The molecule has 0 aromatic heterocycles. The van der Waals surface area contributed by atoms with Crippen LogP contribution in [-0.4, -0.2) is 13.2 Å². The quantitative estimate of drug-likeness (QED) is 0.833. The van der Waals surface area contributed by atoms with Crippen molar-refractivity contribution in [1.82, 2.24) is 0 Å². The first kappa shape index (κ1) is 11.5. The zero-order chi connectivity index (χ0) is 11.9.